The molecule has 0 radical (unpaired) electrons. The van der Waals surface area contributed by atoms with Gasteiger partial charge in [0, 0.05) is 13.0 Å². The van der Waals surface area contributed by atoms with Crippen LogP contribution in [0.4, 0.5) is 4.39 Å². The Labute approximate surface area is 196 Å². The quantitative estimate of drug-likeness (QED) is 0.614. The Bertz CT molecular complexity index is 1300. The van der Waals surface area contributed by atoms with Crippen LogP contribution >= 0.6 is 0 Å². The van der Waals surface area contributed by atoms with Crippen LogP contribution < -0.4 is 10.3 Å². The van der Waals surface area contributed by atoms with E-state index in [1.54, 1.807) is 31.4 Å². The number of nitrogens with one attached hydrogen (secondary N) is 1. The Balaban J connectivity index is 1.70. The number of methoxy groups -OCH3 is 1. The van der Waals surface area contributed by atoms with E-state index in [1.807, 2.05) is 26.8 Å². The number of carbonyl (C=O) groups excluding carboxylic acids is 2. The van der Waals surface area contributed by atoms with Crippen LogP contribution in [0.5, 0.6) is 5.75 Å². The molecule has 0 bridgehead atoms. The third-order valence-corrected chi connectivity index (χ3v) is 6.10. The number of ether oxygens (including phenoxy) is 1. The fourth-order valence-corrected chi connectivity index (χ4v) is 4.40. The van der Waals surface area contributed by atoms with Crippen molar-refractivity contribution in [2.45, 2.75) is 45.1 Å². The molecule has 1 atom stereocenters. The number of hydrogen-bond donors (Lipinski definition) is 1. The smallest absolute Gasteiger partial charge is 0.293 e. The lowest BCUT2D eigenvalue weighted by Gasteiger charge is -2.36. The number of benzene rings is 2. The summed E-state index contributed by atoms with van der Waals surface area (Å²) in [7, 11) is 1.56. The average Bonchev–Trinajstić information content (AvgIpc) is 3.22. The number of nitrogens with zero attached hydrogens (tertiary/aromatic N) is 1. The van der Waals surface area contributed by atoms with Crippen LogP contribution in [0.15, 0.2) is 51.8 Å². The Hall–Kier alpha value is -3.68. The van der Waals surface area contributed by atoms with Gasteiger partial charge in [-0.05, 0) is 52.3 Å². The molecule has 3 aromatic rings. The van der Waals surface area contributed by atoms with Crippen LogP contribution in [0.2, 0.25) is 0 Å². The Morgan fingerprint density at radius 1 is 1.18 bits per heavy atom. The van der Waals surface area contributed by atoms with Crippen molar-refractivity contribution in [1.82, 2.24) is 10.1 Å². The molecule has 2 aromatic carbocycles. The molecule has 0 saturated carbocycles. The van der Waals surface area contributed by atoms with Crippen molar-refractivity contribution in [3.8, 4) is 5.75 Å². The zero-order chi connectivity index (χ0) is 24.6. The second-order valence-corrected chi connectivity index (χ2v) is 9.50. The zero-order valence-electron chi connectivity index (χ0n) is 19.6. The maximum absolute atomic E-state index is 14.8. The molecular weight excluding hydrogens is 439 g/mol. The van der Waals surface area contributed by atoms with Crippen LogP contribution in [0.1, 0.15) is 59.6 Å². The van der Waals surface area contributed by atoms with Gasteiger partial charge in [-0.2, -0.15) is 5.16 Å². The molecule has 1 aliphatic heterocycles. The highest BCUT2D eigenvalue weighted by Gasteiger charge is 2.37. The number of aromatic amines is 1. The SMILES string of the molecule is COc1ccc2c(c1)CCN(C(=O)c1cc(=O)[nH]o1)[C@H]2C(=O)Cc1ccc(C(C)(C)C)c(F)c1. The minimum atomic E-state index is -0.910. The molecule has 7 nitrogen and oxygen atoms in total. The van der Waals surface area contributed by atoms with Crippen molar-refractivity contribution in [3.63, 3.8) is 0 Å². The van der Waals surface area contributed by atoms with Gasteiger partial charge in [-0.15, -0.1) is 0 Å². The third-order valence-electron chi connectivity index (χ3n) is 6.10. The Kier molecular flexibility index (Phi) is 6.17. The van der Waals surface area contributed by atoms with Gasteiger partial charge in [0.15, 0.2) is 5.78 Å². The highest BCUT2D eigenvalue weighted by Crippen LogP contribution is 2.35. The number of amides is 1. The van der Waals surface area contributed by atoms with E-state index in [0.717, 1.165) is 11.6 Å². The minimum absolute atomic E-state index is 0.0572. The monoisotopic (exact) mass is 466 g/mol. The molecule has 178 valence electrons. The topological polar surface area (TPSA) is 92.6 Å². The lowest BCUT2D eigenvalue weighted by molar-refractivity contribution is -0.123. The van der Waals surface area contributed by atoms with E-state index in [2.05, 4.69) is 5.16 Å². The number of hydrogen-bond acceptors (Lipinski definition) is 5. The summed E-state index contributed by atoms with van der Waals surface area (Å²) in [5, 5.41) is 2.11. The van der Waals surface area contributed by atoms with Gasteiger partial charge in [-0.3, -0.25) is 14.4 Å². The largest absolute Gasteiger partial charge is 0.497 e. The van der Waals surface area contributed by atoms with Gasteiger partial charge in [0.2, 0.25) is 5.76 Å². The summed E-state index contributed by atoms with van der Waals surface area (Å²) in [6.07, 6.45) is 0.448. The second kappa shape index (κ2) is 8.93. The second-order valence-electron chi connectivity index (χ2n) is 9.50. The summed E-state index contributed by atoms with van der Waals surface area (Å²) < 4.78 is 25.1. The highest BCUT2D eigenvalue weighted by atomic mass is 19.1. The van der Waals surface area contributed by atoms with E-state index >= 15 is 0 Å². The third kappa shape index (κ3) is 4.53. The maximum Gasteiger partial charge on any atom is 0.293 e. The molecule has 4 rings (SSSR count). The number of aromatic nitrogens is 1. The molecule has 1 aromatic heterocycles. The maximum atomic E-state index is 14.8. The van der Waals surface area contributed by atoms with Gasteiger partial charge in [0.25, 0.3) is 11.5 Å². The highest BCUT2D eigenvalue weighted by molar-refractivity contribution is 5.97. The van der Waals surface area contributed by atoms with Crippen molar-refractivity contribution in [2.24, 2.45) is 0 Å². The molecular formula is C26H27FN2O5. The van der Waals surface area contributed by atoms with Crippen molar-refractivity contribution in [2.75, 3.05) is 13.7 Å². The summed E-state index contributed by atoms with van der Waals surface area (Å²) >= 11 is 0. The summed E-state index contributed by atoms with van der Waals surface area (Å²) in [5.41, 5.74) is 1.76. The predicted octanol–water partition coefficient (Wildman–Crippen LogP) is 3.96. The van der Waals surface area contributed by atoms with Crippen LogP contribution in [0.3, 0.4) is 0 Å². The molecule has 0 spiro atoms. The van der Waals surface area contributed by atoms with Crippen LogP contribution in [-0.4, -0.2) is 35.4 Å². The molecule has 34 heavy (non-hydrogen) atoms. The fraction of sp³-hybridized carbons (Fsp3) is 0.346. The first-order valence-electron chi connectivity index (χ1n) is 11.1. The molecule has 8 heteroatoms. The first kappa shape index (κ1) is 23.5. The molecule has 1 N–H and O–H groups in total. The molecule has 0 fully saturated rings. The van der Waals surface area contributed by atoms with Crippen molar-refractivity contribution in [1.29, 1.82) is 0 Å². The summed E-state index contributed by atoms with van der Waals surface area (Å²) in [4.78, 5) is 39.6. The number of rotatable bonds is 5. The lowest BCUT2D eigenvalue weighted by Crippen LogP contribution is -2.44. The number of carbonyl (C=O) groups is 2. The van der Waals surface area contributed by atoms with Gasteiger partial charge < -0.3 is 14.2 Å². The predicted molar refractivity (Wildman–Crippen MR) is 124 cm³/mol. The van der Waals surface area contributed by atoms with Gasteiger partial charge in [-0.25, -0.2) is 4.39 Å². The van der Waals surface area contributed by atoms with Gasteiger partial charge in [0.1, 0.15) is 17.6 Å². The number of Topliss-reactive ketones (excluding diaryl/α,β-unsaturated/α-hetero) is 1. The lowest BCUT2D eigenvalue weighted by atomic mass is 9.85. The van der Waals surface area contributed by atoms with E-state index in [-0.39, 0.29) is 35.7 Å². The van der Waals surface area contributed by atoms with Gasteiger partial charge >= 0.3 is 0 Å². The standard InChI is InChI=1S/C26H27FN2O5/c1-26(2,3)19-8-5-15(11-20(19)27)12-21(30)24-18-7-6-17(33-4)13-16(18)9-10-29(24)25(32)22-14-23(31)28-34-22/h5-8,11,13-14,24H,9-10,12H2,1-4H3,(H,28,31)/t24-/m1/s1. The first-order valence-corrected chi connectivity index (χ1v) is 11.1. The van der Waals surface area contributed by atoms with Crippen molar-refractivity contribution in [3.05, 3.63) is 86.6 Å². The number of ketones is 1. The normalized spacial score (nSPS) is 15.7. The van der Waals surface area contributed by atoms with Gasteiger partial charge in [-0.1, -0.05) is 39.0 Å². The van der Waals surface area contributed by atoms with Crippen LogP contribution in [0.25, 0.3) is 0 Å². The van der Waals surface area contributed by atoms with Gasteiger partial charge in [0.05, 0.1) is 13.2 Å². The van der Waals surface area contributed by atoms with E-state index in [9.17, 15) is 18.8 Å². The van der Waals surface area contributed by atoms with Crippen molar-refractivity contribution >= 4 is 11.7 Å². The zero-order valence-corrected chi connectivity index (χ0v) is 19.6. The van der Waals surface area contributed by atoms with E-state index in [1.165, 1.54) is 11.0 Å². The average molecular weight is 467 g/mol. The summed E-state index contributed by atoms with van der Waals surface area (Å²) in [6, 6.07) is 10.3. The number of H-pyrrole nitrogens is 1. The molecule has 2 heterocycles. The molecule has 0 aliphatic carbocycles. The Morgan fingerprint density at radius 2 is 1.94 bits per heavy atom. The van der Waals surface area contributed by atoms with Crippen LogP contribution in [-0.2, 0) is 23.1 Å². The van der Waals surface area contributed by atoms with Crippen LogP contribution in [0, 0.1) is 5.82 Å². The number of halogens is 1. The minimum Gasteiger partial charge on any atom is -0.497 e. The van der Waals surface area contributed by atoms with E-state index in [0.29, 0.717) is 28.9 Å². The summed E-state index contributed by atoms with van der Waals surface area (Å²) in [5.74, 6) is -0.706. The first-order chi connectivity index (χ1) is 16.1. The van der Waals surface area contributed by atoms with E-state index < -0.39 is 17.5 Å². The molecule has 0 unspecified atom stereocenters. The Morgan fingerprint density at radius 3 is 2.56 bits per heavy atom. The van der Waals surface area contributed by atoms with Crippen molar-refractivity contribution < 1.29 is 23.2 Å². The van der Waals surface area contributed by atoms with E-state index in [4.69, 9.17) is 9.26 Å². The molecule has 1 aliphatic rings. The fourth-order valence-electron chi connectivity index (χ4n) is 4.40. The summed E-state index contributed by atoms with van der Waals surface area (Å²) in [6.45, 7) is 6.02. The molecule has 0 saturated heterocycles. The number of fused-ring (bicyclic) bond motifs is 1. The molecule has 1 amide bonds.